The first-order chi connectivity index (χ1) is 8.46. The van der Waals surface area contributed by atoms with Gasteiger partial charge in [0.15, 0.2) is 0 Å². The number of likely N-dealkylation sites (N-methyl/N-ethyl adjacent to an activating group) is 1. The van der Waals surface area contributed by atoms with Gasteiger partial charge < -0.3 is 15.0 Å². The summed E-state index contributed by atoms with van der Waals surface area (Å²) in [6.45, 7) is 2.20. The van der Waals surface area contributed by atoms with Gasteiger partial charge in [0, 0.05) is 26.1 Å². The number of nitrogens with one attached hydrogen (secondary N) is 2. The van der Waals surface area contributed by atoms with E-state index in [1.807, 2.05) is 7.05 Å². The molecular formula is C11H20ClF2N3O2. The van der Waals surface area contributed by atoms with E-state index >= 15 is 0 Å². The van der Waals surface area contributed by atoms with Crippen molar-refractivity contribution in [2.45, 2.75) is 24.5 Å². The molecule has 19 heavy (non-hydrogen) atoms. The summed E-state index contributed by atoms with van der Waals surface area (Å²) in [6.07, 6.45) is -0.487. The number of halogens is 3. The van der Waals surface area contributed by atoms with Gasteiger partial charge in [0.1, 0.15) is 0 Å². The van der Waals surface area contributed by atoms with Crippen molar-refractivity contribution in [3.8, 4) is 0 Å². The third kappa shape index (κ3) is 4.83. The SMILES string of the molecule is CN1CCOC(CNC(=O)C2CC(F)(F)CN2)C1.Cl. The Morgan fingerprint density at radius 1 is 1.58 bits per heavy atom. The third-order valence-electron chi connectivity index (χ3n) is 3.27. The summed E-state index contributed by atoms with van der Waals surface area (Å²) in [6, 6.07) is -0.790. The monoisotopic (exact) mass is 299 g/mol. The minimum Gasteiger partial charge on any atom is -0.374 e. The summed E-state index contributed by atoms with van der Waals surface area (Å²) in [5.41, 5.74) is 0. The Kier molecular flexibility index (Phi) is 5.91. The maximum Gasteiger partial charge on any atom is 0.262 e. The molecule has 2 aliphatic rings. The van der Waals surface area contributed by atoms with Crippen LogP contribution >= 0.6 is 12.4 Å². The topological polar surface area (TPSA) is 53.6 Å². The van der Waals surface area contributed by atoms with Gasteiger partial charge in [0.25, 0.3) is 5.92 Å². The molecular weight excluding hydrogens is 280 g/mol. The molecule has 2 heterocycles. The van der Waals surface area contributed by atoms with Crippen LogP contribution in [0, 0.1) is 0 Å². The fourth-order valence-corrected chi connectivity index (χ4v) is 2.23. The molecule has 112 valence electrons. The van der Waals surface area contributed by atoms with Crippen molar-refractivity contribution in [2.75, 3.05) is 39.8 Å². The number of hydrogen-bond acceptors (Lipinski definition) is 4. The summed E-state index contributed by atoms with van der Waals surface area (Å²) in [7, 11) is 1.98. The lowest BCUT2D eigenvalue weighted by Gasteiger charge is -2.30. The second kappa shape index (κ2) is 6.78. The number of ether oxygens (including phenoxy) is 1. The molecule has 2 saturated heterocycles. The van der Waals surface area contributed by atoms with Crippen molar-refractivity contribution in [3.05, 3.63) is 0 Å². The van der Waals surface area contributed by atoms with Gasteiger partial charge in [-0.25, -0.2) is 8.78 Å². The smallest absolute Gasteiger partial charge is 0.262 e. The molecule has 0 aliphatic carbocycles. The molecule has 2 unspecified atom stereocenters. The molecule has 0 aromatic heterocycles. The van der Waals surface area contributed by atoms with Crippen molar-refractivity contribution >= 4 is 18.3 Å². The van der Waals surface area contributed by atoms with E-state index in [0.29, 0.717) is 13.2 Å². The molecule has 0 radical (unpaired) electrons. The van der Waals surface area contributed by atoms with Gasteiger partial charge in [-0.1, -0.05) is 0 Å². The predicted octanol–water partition coefficient (Wildman–Crippen LogP) is -0.148. The summed E-state index contributed by atoms with van der Waals surface area (Å²) < 4.78 is 31.3. The number of rotatable bonds is 3. The Labute approximate surface area is 117 Å². The van der Waals surface area contributed by atoms with Crippen molar-refractivity contribution in [1.82, 2.24) is 15.5 Å². The predicted molar refractivity (Wildman–Crippen MR) is 68.8 cm³/mol. The van der Waals surface area contributed by atoms with Crippen LogP contribution in [-0.4, -0.2) is 68.7 Å². The van der Waals surface area contributed by atoms with Crippen LogP contribution in [0.5, 0.6) is 0 Å². The van der Waals surface area contributed by atoms with Gasteiger partial charge in [-0.2, -0.15) is 0 Å². The fourth-order valence-electron chi connectivity index (χ4n) is 2.23. The zero-order valence-electron chi connectivity index (χ0n) is 10.8. The van der Waals surface area contributed by atoms with E-state index in [4.69, 9.17) is 4.74 Å². The molecule has 0 saturated carbocycles. The van der Waals surface area contributed by atoms with E-state index in [1.165, 1.54) is 0 Å². The summed E-state index contributed by atoms with van der Waals surface area (Å²) >= 11 is 0. The van der Waals surface area contributed by atoms with Crippen LogP contribution in [0.4, 0.5) is 8.78 Å². The van der Waals surface area contributed by atoms with Gasteiger partial charge in [0.05, 0.1) is 25.3 Å². The zero-order valence-corrected chi connectivity index (χ0v) is 11.6. The van der Waals surface area contributed by atoms with Gasteiger partial charge in [0.2, 0.25) is 5.91 Å². The standard InChI is InChI=1S/C11H19F2N3O2.ClH/c1-16-2-3-18-8(6-16)5-14-10(17)9-4-11(12,13)7-15-9;/h8-9,15H,2-7H2,1H3,(H,14,17);1H. The van der Waals surface area contributed by atoms with E-state index in [9.17, 15) is 13.6 Å². The maximum absolute atomic E-state index is 12.9. The number of morpholine rings is 1. The van der Waals surface area contributed by atoms with E-state index < -0.39 is 24.9 Å². The lowest BCUT2D eigenvalue weighted by atomic mass is 10.2. The van der Waals surface area contributed by atoms with Crippen LogP contribution < -0.4 is 10.6 Å². The first kappa shape index (κ1) is 16.6. The summed E-state index contributed by atoms with van der Waals surface area (Å²) in [5, 5.41) is 5.20. The Bertz CT molecular complexity index is 320. The Morgan fingerprint density at radius 3 is 2.89 bits per heavy atom. The molecule has 0 aromatic carbocycles. The average molecular weight is 300 g/mol. The van der Waals surface area contributed by atoms with Crippen molar-refractivity contribution in [2.24, 2.45) is 0 Å². The average Bonchev–Trinajstić information content (AvgIpc) is 2.67. The van der Waals surface area contributed by atoms with Gasteiger partial charge in [-0.3, -0.25) is 10.1 Å². The molecule has 0 spiro atoms. The molecule has 0 bridgehead atoms. The Hall–Kier alpha value is -0.500. The minimum atomic E-state index is -2.77. The lowest BCUT2D eigenvalue weighted by Crippen LogP contribution is -2.48. The van der Waals surface area contributed by atoms with Gasteiger partial charge >= 0.3 is 0 Å². The van der Waals surface area contributed by atoms with E-state index in [-0.39, 0.29) is 24.4 Å². The van der Waals surface area contributed by atoms with Gasteiger partial charge in [-0.05, 0) is 7.05 Å². The highest BCUT2D eigenvalue weighted by Crippen LogP contribution is 2.24. The molecule has 2 rings (SSSR count). The highest BCUT2D eigenvalue weighted by Gasteiger charge is 2.42. The van der Waals surface area contributed by atoms with Crippen LogP contribution in [0.15, 0.2) is 0 Å². The summed E-state index contributed by atoms with van der Waals surface area (Å²) in [5.74, 6) is -3.15. The Morgan fingerprint density at radius 2 is 2.32 bits per heavy atom. The van der Waals surface area contributed by atoms with Crippen LogP contribution in [0.2, 0.25) is 0 Å². The number of amides is 1. The first-order valence-corrected chi connectivity index (χ1v) is 6.15. The molecule has 0 aromatic rings. The van der Waals surface area contributed by atoms with Crippen molar-refractivity contribution < 1.29 is 18.3 Å². The maximum atomic E-state index is 12.9. The van der Waals surface area contributed by atoms with Crippen molar-refractivity contribution in [1.29, 1.82) is 0 Å². The quantitative estimate of drug-likeness (QED) is 0.761. The molecule has 8 heteroatoms. The number of nitrogens with zero attached hydrogens (tertiary/aromatic N) is 1. The van der Waals surface area contributed by atoms with Crippen LogP contribution in [0.25, 0.3) is 0 Å². The van der Waals surface area contributed by atoms with E-state index in [1.54, 1.807) is 0 Å². The zero-order chi connectivity index (χ0) is 13.2. The van der Waals surface area contributed by atoms with Crippen LogP contribution in [0.3, 0.4) is 0 Å². The fraction of sp³-hybridized carbons (Fsp3) is 0.909. The Balaban J connectivity index is 0.00000180. The molecule has 2 fully saturated rings. The second-order valence-corrected chi connectivity index (χ2v) is 4.99. The van der Waals surface area contributed by atoms with E-state index in [2.05, 4.69) is 15.5 Å². The number of alkyl halides is 2. The van der Waals surface area contributed by atoms with Gasteiger partial charge in [-0.15, -0.1) is 12.4 Å². The number of carbonyl (C=O) groups is 1. The van der Waals surface area contributed by atoms with Crippen LogP contribution in [0.1, 0.15) is 6.42 Å². The molecule has 1 amide bonds. The van der Waals surface area contributed by atoms with E-state index in [0.717, 1.165) is 13.1 Å². The minimum absolute atomic E-state index is 0. The number of hydrogen-bond donors (Lipinski definition) is 2. The highest BCUT2D eigenvalue weighted by molar-refractivity contribution is 5.85. The van der Waals surface area contributed by atoms with Crippen LogP contribution in [-0.2, 0) is 9.53 Å². The molecule has 5 nitrogen and oxygen atoms in total. The molecule has 2 atom stereocenters. The number of carbonyl (C=O) groups excluding carboxylic acids is 1. The third-order valence-corrected chi connectivity index (χ3v) is 3.27. The lowest BCUT2D eigenvalue weighted by molar-refractivity contribution is -0.124. The highest BCUT2D eigenvalue weighted by atomic mass is 35.5. The van der Waals surface area contributed by atoms with Crippen molar-refractivity contribution in [3.63, 3.8) is 0 Å². The summed E-state index contributed by atoms with van der Waals surface area (Å²) in [4.78, 5) is 13.8. The largest absolute Gasteiger partial charge is 0.374 e. The normalized spacial score (nSPS) is 30.7. The molecule has 2 aliphatic heterocycles. The molecule has 2 N–H and O–H groups in total. The first-order valence-electron chi connectivity index (χ1n) is 6.15. The second-order valence-electron chi connectivity index (χ2n) is 4.99.